The largest absolute Gasteiger partial charge is 0.464 e. The van der Waals surface area contributed by atoms with Crippen molar-refractivity contribution in [1.82, 2.24) is 4.98 Å². The summed E-state index contributed by atoms with van der Waals surface area (Å²) in [6.45, 7) is 7.23. The molecular formula is C12H16N4O2. The summed E-state index contributed by atoms with van der Waals surface area (Å²) in [7, 11) is 1.29. The number of rotatable bonds is 4. The number of hydrogen-bond donors (Lipinski definition) is 1. The van der Waals surface area contributed by atoms with Crippen LogP contribution in [0.2, 0.25) is 0 Å². The molecule has 1 heterocycles. The maximum absolute atomic E-state index is 11.6. The van der Waals surface area contributed by atoms with Gasteiger partial charge in [0, 0.05) is 5.69 Å². The molecule has 0 radical (unpaired) electrons. The van der Waals surface area contributed by atoms with Crippen LogP contribution in [0.3, 0.4) is 0 Å². The molecule has 0 amide bonds. The number of aryl methyl sites for hydroxylation is 1. The maximum Gasteiger partial charge on any atom is 0.358 e. The molecule has 0 fully saturated rings. The number of hydrogen-bond acceptors (Lipinski definition) is 6. The Kier molecular flexibility index (Phi) is 4.56. The van der Waals surface area contributed by atoms with Crippen LogP contribution < -0.4 is 11.0 Å². The second-order valence-electron chi connectivity index (χ2n) is 3.75. The molecule has 1 aromatic heterocycles. The number of allylic oxidation sites excluding steroid dienone is 1. The summed E-state index contributed by atoms with van der Waals surface area (Å²) < 4.78 is 4.65. The highest BCUT2D eigenvalue weighted by atomic mass is 16.5. The fourth-order valence-corrected chi connectivity index (χ4v) is 1.20. The number of anilines is 1. The van der Waals surface area contributed by atoms with Gasteiger partial charge in [-0.15, -0.1) is 0 Å². The lowest BCUT2D eigenvalue weighted by Crippen LogP contribution is -2.27. The standard InChI is InChI=1S/C12H16N4O2/c1-8(2)7-14-16(13)10-6-5-9(3)15-11(10)12(17)18-4/h5-7H,1,13H2,2-4H3/b14-7-. The highest BCUT2D eigenvalue weighted by Gasteiger charge is 2.17. The van der Waals surface area contributed by atoms with Crippen molar-refractivity contribution in [1.29, 1.82) is 0 Å². The Morgan fingerprint density at radius 3 is 2.83 bits per heavy atom. The number of hydrazine groups is 1. The number of aromatic nitrogens is 1. The van der Waals surface area contributed by atoms with E-state index < -0.39 is 5.97 Å². The first kappa shape index (κ1) is 13.9. The third-order valence-electron chi connectivity index (χ3n) is 2.04. The van der Waals surface area contributed by atoms with Crippen LogP contribution in [0.4, 0.5) is 5.69 Å². The van der Waals surface area contributed by atoms with Gasteiger partial charge in [0.05, 0.1) is 13.3 Å². The Morgan fingerprint density at radius 1 is 1.61 bits per heavy atom. The van der Waals surface area contributed by atoms with Crippen LogP contribution >= 0.6 is 0 Å². The molecule has 0 atom stereocenters. The molecule has 0 aliphatic carbocycles. The van der Waals surface area contributed by atoms with Gasteiger partial charge >= 0.3 is 5.97 Å². The van der Waals surface area contributed by atoms with Crippen molar-refractivity contribution in [2.45, 2.75) is 13.8 Å². The van der Waals surface area contributed by atoms with E-state index in [1.54, 1.807) is 26.0 Å². The molecule has 1 aromatic rings. The lowest BCUT2D eigenvalue weighted by Gasteiger charge is -2.15. The lowest BCUT2D eigenvalue weighted by molar-refractivity contribution is 0.0594. The minimum atomic E-state index is -0.560. The molecule has 0 bridgehead atoms. The number of methoxy groups -OCH3 is 1. The second-order valence-corrected chi connectivity index (χ2v) is 3.75. The Hall–Kier alpha value is -2.21. The number of pyridine rings is 1. The van der Waals surface area contributed by atoms with E-state index in [0.29, 0.717) is 11.4 Å². The summed E-state index contributed by atoms with van der Waals surface area (Å²) in [5.74, 6) is 5.17. The number of hydrazone groups is 1. The van der Waals surface area contributed by atoms with Crippen LogP contribution in [0.5, 0.6) is 0 Å². The van der Waals surface area contributed by atoms with Crippen molar-refractivity contribution < 1.29 is 9.53 Å². The third-order valence-corrected chi connectivity index (χ3v) is 2.04. The number of carbonyl (C=O) groups excluding carboxylic acids is 1. The summed E-state index contributed by atoms with van der Waals surface area (Å²) in [5.41, 5.74) is 1.92. The zero-order valence-corrected chi connectivity index (χ0v) is 10.7. The van der Waals surface area contributed by atoms with Gasteiger partial charge in [-0.05, 0) is 31.6 Å². The van der Waals surface area contributed by atoms with E-state index in [0.717, 1.165) is 10.7 Å². The van der Waals surface area contributed by atoms with Gasteiger partial charge < -0.3 is 4.74 Å². The predicted octanol–water partition coefficient (Wildman–Crippen LogP) is 1.42. The van der Waals surface area contributed by atoms with Crippen LogP contribution in [0.1, 0.15) is 23.1 Å². The lowest BCUT2D eigenvalue weighted by atomic mass is 10.2. The van der Waals surface area contributed by atoms with Crippen LogP contribution in [0, 0.1) is 6.92 Å². The van der Waals surface area contributed by atoms with Crippen molar-refractivity contribution >= 4 is 17.9 Å². The van der Waals surface area contributed by atoms with Crippen molar-refractivity contribution in [3.8, 4) is 0 Å². The molecule has 0 saturated carbocycles. The topological polar surface area (TPSA) is 80.8 Å². The van der Waals surface area contributed by atoms with Gasteiger partial charge in [-0.1, -0.05) is 6.58 Å². The van der Waals surface area contributed by atoms with Crippen LogP contribution in [-0.4, -0.2) is 24.3 Å². The van der Waals surface area contributed by atoms with E-state index >= 15 is 0 Å². The average molecular weight is 248 g/mol. The molecule has 0 unspecified atom stereocenters. The second kappa shape index (κ2) is 5.92. The molecule has 6 nitrogen and oxygen atoms in total. The number of esters is 1. The fraction of sp³-hybridized carbons (Fsp3) is 0.250. The van der Waals surface area contributed by atoms with Crippen molar-refractivity contribution in [2.75, 3.05) is 12.2 Å². The highest BCUT2D eigenvalue weighted by Crippen LogP contribution is 2.18. The first-order valence-corrected chi connectivity index (χ1v) is 5.26. The van der Waals surface area contributed by atoms with E-state index in [2.05, 4.69) is 21.4 Å². The number of carbonyl (C=O) groups is 1. The maximum atomic E-state index is 11.6. The van der Waals surface area contributed by atoms with Crippen LogP contribution in [-0.2, 0) is 4.74 Å². The Morgan fingerprint density at radius 2 is 2.28 bits per heavy atom. The minimum absolute atomic E-state index is 0.124. The van der Waals surface area contributed by atoms with E-state index in [4.69, 9.17) is 5.84 Å². The number of nitrogens with two attached hydrogens (primary N) is 1. The molecule has 0 aromatic carbocycles. The quantitative estimate of drug-likeness (QED) is 0.377. The normalized spacial score (nSPS) is 10.4. The highest BCUT2D eigenvalue weighted by molar-refractivity contribution is 5.93. The number of ether oxygens (including phenoxy) is 1. The summed E-state index contributed by atoms with van der Waals surface area (Å²) in [5, 5.41) is 5.00. The monoisotopic (exact) mass is 248 g/mol. The van der Waals surface area contributed by atoms with Crippen molar-refractivity contribution in [3.63, 3.8) is 0 Å². The first-order valence-electron chi connectivity index (χ1n) is 5.26. The van der Waals surface area contributed by atoms with E-state index in [1.165, 1.54) is 13.3 Å². The van der Waals surface area contributed by atoms with Gasteiger partial charge in [-0.3, -0.25) is 0 Å². The van der Waals surface area contributed by atoms with Gasteiger partial charge in [0.25, 0.3) is 0 Å². The Balaban J connectivity index is 3.15. The molecule has 0 aliphatic rings. The first-order chi connectivity index (χ1) is 8.45. The summed E-state index contributed by atoms with van der Waals surface area (Å²) in [4.78, 5) is 15.7. The molecule has 1 rings (SSSR count). The summed E-state index contributed by atoms with van der Waals surface area (Å²) >= 11 is 0. The van der Waals surface area contributed by atoms with E-state index in [1.807, 2.05) is 0 Å². The molecule has 0 aliphatic heterocycles. The predicted molar refractivity (Wildman–Crippen MR) is 70.3 cm³/mol. The smallest absolute Gasteiger partial charge is 0.358 e. The van der Waals surface area contributed by atoms with E-state index in [9.17, 15) is 4.79 Å². The SMILES string of the molecule is C=C(C)/C=N\N(N)c1ccc(C)nc1C(=O)OC. The fourth-order valence-electron chi connectivity index (χ4n) is 1.20. The molecule has 0 saturated heterocycles. The molecule has 96 valence electrons. The Bertz CT molecular complexity index is 497. The Labute approximate surface area is 106 Å². The van der Waals surface area contributed by atoms with Crippen LogP contribution in [0.25, 0.3) is 0 Å². The van der Waals surface area contributed by atoms with Gasteiger partial charge in [0.15, 0.2) is 5.69 Å². The van der Waals surface area contributed by atoms with Gasteiger partial charge in [-0.2, -0.15) is 10.2 Å². The molecule has 6 heteroatoms. The summed E-state index contributed by atoms with van der Waals surface area (Å²) in [6, 6.07) is 3.39. The molecule has 18 heavy (non-hydrogen) atoms. The minimum Gasteiger partial charge on any atom is -0.464 e. The molecular weight excluding hydrogens is 232 g/mol. The van der Waals surface area contributed by atoms with Crippen molar-refractivity contribution in [2.24, 2.45) is 10.9 Å². The van der Waals surface area contributed by atoms with E-state index in [-0.39, 0.29) is 5.69 Å². The zero-order valence-electron chi connectivity index (χ0n) is 10.7. The number of nitrogens with zero attached hydrogens (tertiary/aromatic N) is 3. The van der Waals surface area contributed by atoms with Gasteiger partial charge in [-0.25, -0.2) is 15.6 Å². The third kappa shape index (κ3) is 3.39. The average Bonchev–Trinajstić information content (AvgIpc) is 2.34. The van der Waals surface area contributed by atoms with Gasteiger partial charge in [0.2, 0.25) is 0 Å². The van der Waals surface area contributed by atoms with Crippen LogP contribution in [0.15, 0.2) is 29.4 Å². The summed E-state index contributed by atoms with van der Waals surface area (Å²) in [6.07, 6.45) is 1.49. The molecule has 2 N–H and O–H groups in total. The van der Waals surface area contributed by atoms with Crippen molar-refractivity contribution in [3.05, 3.63) is 35.7 Å². The molecule has 0 spiro atoms. The van der Waals surface area contributed by atoms with Gasteiger partial charge in [0.1, 0.15) is 5.69 Å². The zero-order chi connectivity index (χ0) is 13.7.